The molecule has 1 amide bonds. The van der Waals surface area contributed by atoms with E-state index in [1.54, 1.807) is 17.0 Å². The van der Waals surface area contributed by atoms with Crippen LogP contribution in [0.15, 0.2) is 48.5 Å². The van der Waals surface area contributed by atoms with Crippen molar-refractivity contribution < 1.29 is 19.3 Å². The first-order valence-corrected chi connectivity index (χ1v) is 10.1. The highest BCUT2D eigenvalue weighted by atomic mass is 16.2. The SMILES string of the molecule is Cc1ccc(C(=O)C2C(=O)C(=O)N(CCC[NH+](C)C)C2c2ccc(C)cc2)cc1. The van der Waals surface area contributed by atoms with Gasteiger partial charge in [0.25, 0.3) is 5.91 Å². The molecule has 2 aromatic carbocycles. The molecule has 0 aliphatic carbocycles. The zero-order chi connectivity index (χ0) is 21.1. The van der Waals surface area contributed by atoms with E-state index in [0.717, 1.165) is 29.7 Å². The minimum Gasteiger partial charge on any atom is -0.340 e. The van der Waals surface area contributed by atoms with Gasteiger partial charge in [-0.3, -0.25) is 14.4 Å². The molecule has 1 heterocycles. The number of hydrogen-bond acceptors (Lipinski definition) is 3. The van der Waals surface area contributed by atoms with Crippen LogP contribution in [0.25, 0.3) is 0 Å². The number of carbonyl (C=O) groups excluding carboxylic acids is 3. The van der Waals surface area contributed by atoms with Crippen LogP contribution >= 0.6 is 0 Å². The molecule has 0 radical (unpaired) electrons. The van der Waals surface area contributed by atoms with Crippen LogP contribution in [0.1, 0.15) is 39.5 Å². The van der Waals surface area contributed by atoms with E-state index in [4.69, 9.17) is 0 Å². The van der Waals surface area contributed by atoms with Gasteiger partial charge in [0, 0.05) is 18.5 Å². The number of quaternary nitrogens is 1. The Bertz CT molecular complexity index is 901. The highest BCUT2D eigenvalue weighted by Gasteiger charge is 2.51. The summed E-state index contributed by atoms with van der Waals surface area (Å²) in [6.45, 7) is 5.28. The molecule has 3 rings (SSSR count). The Hall–Kier alpha value is -2.79. The van der Waals surface area contributed by atoms with Gasteiger partial charge in [-0.1, -0.05) is 59.7 Å². The van der Waals surface area contributed by atoms with Gasteiger partial charge < -0.3 is 9.80 Å². The molecule has 5 heteroatoms. The monoisotopic (exact) mass is 393 g/mol. The van der Waals surface area contributed by atoms with Crippen LogP contribution in [-0.4, -0.2) is 49.6 Å². The van der Waals surface area contributed by atoms with E-state index in [1.165, 1.54) is 4.90 Å². The van der Waals surface area contributed by atoms with Gasteiger partial charge in [-0.15, -0.1) is 0 Å². The van der Waals surface area contributed by atoms with Crippen molar-refractivity contribution in [3.8, 4) is 0 Å². The van der Waals surface area contributed by atoms with Gasteiger partial charge in [0.15, 0.2) is 5.78 Å². The van der Waals surface area contributed by atoms with Crippen LogP contribution < -0.4 is 4.90 Å². The number of carbonyl (C=O) groups is 3. The first-order valence-electron chi connectivity index (χ1n) is 10.1. The normalized spacial score (nSPS) is 19.3. The van der Waals surface area contributed by atoms with E-state index in [-0.39, 0.29) is 5.78 Å². The Balaban J connectivity index is 1.98. The molecule has 2 unspecified atom stereocenters. The maximum Gasteiger partial charge on any atom is 0.291 e. The second kappa shape index (κ2) is 8.70. The highest BCUT2D eigenvalue weighted by molar-refractivity contribution is 6.44. The van der Waals surface area contributed by atoms with Crippen LogP contribution in [0.4, 0.5) is 0 Å². The van der Waals surface area contributed by atoms with E-state index in [2.05, 4.69) is 14.1 Å². The summed E-state index contributed by atoms with van der Waals surface area (Å²) in [5.74, 6) is -2.43. The lowest BCUT2D eigenvalue weighted by molar-refractivity contribution is -0.858. The van der Waals surface area contributed by atoms with E-state index in [9.17, 15) is 14.4 Å². The molecule has 1 N–H and O–H groups in total. The van der Waals surface area contributed by atoms with Gasteiger partial charge in [0.2, 0.25) is 5.78 Å². The standard InChI is InChI=1S/C24H28N2O3/c1-16-6-10-18(11-7-16)21-20(22(27)19-12-8-17(2)9-13-19)23(28)24(29)26(21)15-5-14-25(3)4/h6-13,20-21H,5,14-15H2,1-4H3/p+1. The zero-order valence-corrected chi connectivity index (χ0v) is 17.6. The Morgan fingerprint density at radius 2 is 1.48 bits per heavy atom. The molecule has 0 aromatic heterocycles. The molecule has 1 aliphatic heterocycles. The number of nitrogens with one attached hydrogen (secondary N) is 1. The number of nitrogens with zero attached hydrogens (tertiary/aromatic N) is 1. The molecule has 152 valence electrons. The van der Waals surface area contributed by atoms with E-state index in [0.29, 0.717) is 12.1 Å². The lowest BCUT2D eigenvalue weighted by atomic mass is 9.86. The molecular weight excluding hydrogens is 364 g/mol. The predicted octanol–water partition coefficient (Wildman–Crippen LogP) is 1.79. The van der Waals surface area contributed by atoms with Gasteiger partial charge in [-0.25, -0.2) is 0 Å². The van der Waals surface area contributed by atoms with Crippen LogP contribution in [-0.2, 0) is 9.59 Å². The van der Waals surface area contributed by atoms with Crippen molar-refractivity contribution in [2.24, 2.45) is 5.92 Å². The smallest absolute Gasteiger partial charge is 0.291 e. The van der Waals surface area contributed by atoms with Gasteiger partial charge >= 0.3 is 0 Å². The topological polar surface area (TPSA) is 58.9 Å². The molecule has 29 heavy (non-hydrogen) atoms. The van der Waals surface area contributed by atoms with Crippen molar-refractivity contribution in [1.82, 2.24) is 4.90 Å². The van der Waals surface area contributed by atoms with E-state index in [1.807, 2.05) is 50.2 Å². The summed E-state index contributed by atoms with van der Waals surface area (Å²) in [7, 11) is 4.11. The predicted molar refractivity (Wildman–Crippen MR) is 112 cm³/mol. The molecule has 2 aromatic rings. The van der Waals surface area contributed by atoms with Gasteiger partial charge in [0.1, 0.15) is 5.92 Å². The van der Waals surface area contributed by atoms with Crippen molar-refractivity contribution in [2.45, 2.75) is 26.3 Å². The summed E-state index contributed by atoms with van der Waals surface area (Å²) in [5.41, 5.74) is 3.43. The molecule has 0 saturated carbocycles. The van der Waals surface area contributed by atoms with E-state index < -0.39 is 23.7 Å². The fourth-order valence-electron chi connectivity index (χ4n) is 3.86. The molecule has 1 aliphatic rings. The summed E-state index contributed by atoms with van der Waals surface area (Å²) in [6, 6.07) is 14.4. The van der Waals surface area contributed by atoms with Crippen molar-refractivity contribution in [1.29, 1.82) is 0 Å². The fraction of sp³-hybridized carbons (Fsp3) is 0.375. The first-order chi connectivity index (χ1) is 13.8. The molecule has 0 bridgehead atoms. The summed E-state index contributed by atoms with van der Waals surface area (Å²) < 4.78 is 0. The number of benzene rings is 2. The molecule has 1 saturated heterocycles. The number of Topliss-reactive ketones (excluding diaryl/α,β-unsaturated/α-hetero) is 2. The average molecular weight is 394 g/mol. The quantitative estimate of drug-likeness (QED) is 0.443. The van der Waals surface area contributed by atoms with Crippen LogP contribution in [0.3, 0.4) is 0 Å². The van der Waals surface area contributed by atoms with Gasteiger partial charge in [-0.2, -0.15) is 0 Å². The Morgan fingerprint density at radius 3 is 2.03 bits per heavy atom. The molecular formula is C24H29N2O3+. The second-order valence-corrected chi connectivity index (χ2v) is 8.24. The maximum atomic E-state index is 13.3. The van der Waals surface area contributed by atoms with Crippen LogP contribution in [0, 0.1) is 19.8 Å². The van der Waals surface area contributed by atoms with Gasteiger partial charge in [-0.05, 0) is 19.4 Å². The lowest BCUT2D eigenvalue weighted by Gasteiger charge is -2.27. The number of aryl methyl sites for hydroxylation is 2. The third-order valence-corrected chi connectivity index (χ3v) is 5.52. The van der Waals surface area contributed by atoms with Crippen molar-refractivity contribution in [3.63, 3.8) is 0 Å². The minimum absolute atomic E-state index is 0.283. The van der Waals surface area contributed by atoms with E-state index >= 15 is 0 Å². The summed E-state index contributed by atoms with van der Waals surface area (Å²) in [6.07, 6.45) is 0.773. The van der Waals surface area contributed by atoms with Crippen molar-refractivity contribution >= 4 is 17.5 Å². The number of ketones is 2. The Kier molecular flexibility index (Phi) is 6.28. The summed E-state index contributed by atoms with van der Waals surface area (Å²) in [4.78, 5) is 41.9. The minimum atomic E-state index is -1.00. The maximum absolute atomic E-state index is 13.3. The fourth-order valence-corrected chi connectivity index (χ4v) is 3.86. The number of rotatable bonds is 7. The Labute approximate surface area is 172 Å². The number of likely N-dealkylation sites (tertiary alicyclic amines) is 1. The van der Waals surface area contributed by atoms with Gasteiger partial charge in [0.05, 0.1) is 26.7 Å². The first kappa shape index (κ1) is 20.9. The number of hydrogen-bond donors (Lipinski definition) is 1. The van der Waals surface area contributed by atoms with Crippen LogP contribution in [0.5, 0.6) is 0 Å². The largest absolute Gasteiger partial charge is 0.340 e. The molecule has 1 fully saturated rings. The second-order valence-electron chi connectivity index (χ2n) is 8.24. The Morgan fingerprint density at radius 1 is 0.931 bits per heavy atom. The summed E-state index contributed by atoms with van der Waals surface area (Å²) in [5, 5.41) is 0. The lowest BCUT2D eigenvalue weighted by Crippen LogP contribution is -3.05. The third-order valence-electron chi connectivity index (χ3n) is 5.52. The number of amides is 1. The molecule has 2 atom stereocenters. The van der Waals surface area contributed by atoms with Crippen LogP contribution in [0.2, 0.25) is 0 Å². The zero-order valence-electron chi connectivity index (χ0n) is 17.6. The third kappa shape index (κ3) is 4.46. The molecule has 0 spiro atoms. The van der Waals surface area contributed by atoms with Crippen molar-refractivity contribution in [2.75, 3.05) is 27.2 Å². The molecule has 5 nitrogen and oxygen atoms in total. The summed E-state index contributed by atoms with van der Waals surface area (Å²) >= 11 is 0. The van der Waals surface area contributed by atoms with Crippen molar-refractivity contribution in [3.05, 3.63) is 70.8 Å². The average Bonchev–Trinajstić information content (AvgIpc) is 2.93. The highest BCUT2D eigenvalue weighted by Crippen LogP contribution is 2.38.